The molecular formula is C7H11N3O. The smallest absolute Gasteiger partial charge is 0.273 e. The van der Waals surface area contributed by atoms with Crippen LogP contribution in [0.3, 0.4) is 0 Å². The summed E-state index contributed by atoms with van der Waals surface area (Å²) in [5.41, 5.74) is 1.26. The number of rotatable bonds is 2. The quantitative estimate of drug-likeness (QED) is 0.578. The SMILES string of the molecule is CNc1cc[nH]c(=O)c1NC. The molecule has 0 saturated carbocycles. The summed E-state index contributed by atoms with van der Waals surface area (Å²) in [5, 5.41) is 5.71. The van der Waals surface area contributed by atoms with Crippen LogP contribution >= 0.6 is 0 Å². The Balaban J connectivity index is 3.24. The third kappa shape index (κ3) is 1.34. The van der Waals surface area contributed by atoms with Gasteiger partial charge in [0.1, 0.15) is 5.69 Å². The molecule has 0 aromatic carbocycles. The summed E-state index contributed by atoms with van der Waals surface area (Å²) in [4.78, 5) is 13.6. The molecule has 0 unspecified atom stereocenters. The lowest BCUT2D eigenvalue weighted by atomic mass is 10.3. The van der Waals surface area contributed by atoms with Gasteiger partial charge >= 0.3 is 0 Å². The van der Waals surface area contributed by atoms with Crippen molar-refractivity contribution in [2.24, 2.45) is 0 Å². The third-order valence-electron chi connectivity index (χ3n) is 1.48. The van der Waals surface area contributed by atoms with Crippen LogP contribution in [0.15, 0.2) is 17.1 Å². The molecule has 1 aromatic rings. The fraction of sp³-hybridized carbons (Fsp3) is 0.286. The highest BCUT2D eigenvalue weighted by Crippen LogP contribution is 2.12. The van der Waals surface area contributed by atoms with E-state index in [9.17, 15) is 4.79 Å². The van der Waals surface area contributed by atoms with Gasteiger partial charge in [0.15, 0.2) is 0 Å². The third-order valence-corrected chi connectivity index (χ3v) is 1.48. The molecule has 0 aliphatic heterocycles. The number of nitrogens with one attached hydrogen (secondary N) is 3. The molecule has 4 nitrogen and oxygen atoms in total. The molecule has 0 radical (unpaired) electrons. The minimum absolute atomic E-state index is 0.112. The standard InChI is InChI=1S/C7H11N3O/c1-8-5-3-4-10-7(11)6(5)9-2/h3-4,9H,1-2H3,(H2,8,10,11). The largest absolute Gasteiger partial charge is 0.386 e. The zero-order chi connectivity index (χ0) is 8.27. The Morgan fingerprint density at radius 2 is 2.09 bits per heavy atom. The van der Waals surface area contributed by atoms with Crippen LogP contribution in [0, 0.1) is 0 Å². The first-order valence-corrected chi connectivity index (χ1v) is 3.36. The average Bonchev–Trinajstić information content (AvgIpc) is 2.04. The summed E-state index contributed by atoms with van der Waals surface area (Å²) in [7, 11) is 3.49. The summed E-state index contributed by atoms with van der Waals surface area (Å²) in [5.74, 6) is 0. The highest BCUT2D eigenvalue weighted by molar-refractivity contribution is 5.66. The van der Waals surface area contributed by atoms with E-state index in [2.05, 4.69) is 15.6 Å². The zero-order valence-corrected chi connectivity index (χ0v) is 6.56. The van der Waals surface area contributed by atoms with Gasteiger partial charge in [-0.25, -0.2) is 0 Å². The topological polar surface area (TPSA) is 56.9 Å². The van der Waals surface area contributed by atoms with Gasteiger partial charge in [-0.3, -0.25) is 4.79 Å². The average molecular weight is 153 g/mol. The molecule has 0 spiro atoms. The van der Waals surface area contributed by atoms with Gasteiger partial charge in [0.2, 0.25) is 0 Å². The lowest BCUT2D eigenvalue weighted by Gasteiger charge is -2.05. The van der Waals surface area contributed by atoms with Crippen LogP contribution in [0.1, 0.15) is 0 Å². The first kappa shape index (κ1) is 7.65. The molecule has 0 atom stereocenters. The van der Waals surface area contributed by atoms with Crippen molar-refractivity contribution in [2.45, 2.75) is 0 Å². The molecule has 1 aromatic heterocycles. The van der Waals surface area contributed by atoms with Gasteiger partial charge in [-0.1, -0.05) is 0 Å². The molecule has 60 valence electrons. The summed E-state index contributed by atoms with van der Waals surface area (Å²) in [6, 6.07) is 1.80. The van der Waals surface area contributed by atoms with Crippen molar-refractivity contribution in [3.8, 4) is 0 Å². The molecule has 0 bridgehead atoms. The molecule has 1 rings (SSSR count). The summed E-state index contributed by atoms with van der Waals surface area (Å²) in [6.07, 6.45) is 1.61. The number of aromatic nitrogens is 1. The monoisotopic (exact) mass is 153 g/mol. The number of hydrogen-bond acceptors (Lipinski definition) is 3. The van der Waals surface area contributed by atoms with Gasteiger partial charge in [-0.05, 0) is 6.07 Å². The van der Waals surface area contributed by atoms with E-state index in [1.807, 2.05) is 0 Å². The predicted octanol–water partition coefficient (Wildman–Crippen LogP) is 0.458. The van der Waals surface area contributed by atoms with Crippen LogP contribution in [0.5, 0.6) is 0 Å². The lowest BCUT2D eigenvalue weighted by Crippen LogP contribution is -2.12. The van der Waals surface area contributed by atoms with E-state index < -0.39 is 0 Å². The fourth-order valence-electron chi connectivity index (χ4n) is 0.935. The van der Waals surface area contributed by atoms with Crippen LogP contribution < -0.4 is 16.2 Å². The van der Waals surface area contributed by atoms with Crippen LogP contribution in [0.4, 0.5) is 11.4 Å². The van der Waals surface area contributed by atoms with Gasteiger partial charge in [0, 0.05) is 20.3 Å². The second kappa shape index (κ2) is 3.09. The molecule has 0 amide bonds. The second-order valence-electron chi connectivity index (χ2n) is 2.10. The van der Waals surface area contributed by atoms with E-state index in [1.54, 1.807) is 26.4 Å². The molecule has 1 heterocycles. The molecule has 0 saturated heterocycles. The first-order chi connectivity index (χ1) is 5.29. The lowest BCUT2D eigenvalue weighted by molar-refractivity contribution is 1.22. The van der Waals surface area contributed by atoms with Gasteiger partial charge in [-0.15, -0.1) is 0 Å². The minimum atomic E-state index is -0.112. The molecule has 0 aliphatic rings. The van der Waals surface area contributed by atoms with Crippen molar-refractivity contribution in [1.29, 1.82) is 0 Å². The maximum Gasteiger partial charge on any atom is 0.273 e. The highest BCUT2D eigenvalue weighted by atomic mass is 16.1. The van der Waals surface area contributed by atoms with Crippen LogP contribution in [-0.2, 0) is 0 Å². The van der Waals surface area contributed by atoms with Gasteiger partial charge in [0.25, 0.3) is 5.56 Å². The molecular weight excluding hydrogens is 142 g/mol. The Bertz CT molecular complexity index is 292. The van der Waals surface area contributed by atoms with E-state index in [0.29, 0.717) is 5.69 Å². The molecule has 4 heteroatoms. The van der Waals surface area contributed by atoms with Crippen molar-refractivity contribution in [3.05, 3.63) is 22.6 Å². The Kier molecular flexibility index (Phi) is 2.15. The Labute approximate surface area is 64.6 Å². The van der Waals surface area contributed by atoms with Crippen LogP contribution in [0.25, 0.3) is 0 Å². The van der Waals surface area contributed by atoms with Crippen LogP contribution in [0.2, 0.25) is 0 Å². The van der Waals surface area contributed by atoms with Crippen molar-refractivity contribution >= 4 is 11.4 Å². The van der Waals surface area contributed by atoms with E-state index >= 15 is 0 Å². The number of pyridine rings is 1. The highest BCUT2D eigenvalue weighted by Gasteiger charge is 2.00. The number of anilines is 2. The molecule has 0 aliphatic carbocycles. The van der Waals surface area contributed by atoms with Gasteiger partial charge < -0.3 is 15.6 Å². The first-order valence-electron chi connectivity index (χ1n) is 3.36. The second-order valence-corrected chi connectivity index (χ2v) is 2.10. The van der Waals surface area contributed by atoms with Crippen molar-refractivity contribution in [3.63, 3.8) is 0 Å². The summed E-state index contributed by atoms with van der Waals surface area (Å²) in [6.45, 7) is 0. The van der Waals surface area contributed by atoms with E-state index in [4.69, 9.17) is 0 Å². The maximum absolute atomic E-state index is 11.1. The Morgan fingerprint density at radius 1 is 1.36 bits per heavy atom. The Morgan fingerprint density at radius 3 is 2.55 bits per heavy atom. The van der Waals surface area contributed by atoms with Gasteiger partial charge in [-0.2, -0.15) is 0 Å². The minimum Gasteiger partial charge on any atom is -0.386 e. The van der Waals surface area contributed by atoms with Gasteiger partial charge in [0.05, 0.1) is 5.69 Å². The number of H-pyrrole nitrogens is 1. The van der Waals surface area contributed by atoms with E-state index in [0.717, 1.165) is 5.69 Å². The van der Waals surface area contributed by atoms with Crippen molar-refractivity contribution in [2.75, 3.05) is 24.7 Å². The number of aromatic amines is 1. The maximum atomic E-state index is 11.1. The van der Waals surface area contributed by atoms with E-state index in [1.165, 1.54) is 0 Å². The number of hydrogen-bond donors (Lipinski definition) is 3. The zero-order valence-electron chi connectivity index (χ0n) is 6.56. The molecule has 11 heavy (non-hydrogen) atoms. The predicted molar refractivity (Wildman–Crippen MR) is 46.2 cm³/mol. The molecule has 0 fully saturated rings. The van der Waals surface area contributed by atoms with Crippen LogP contribution in [-0.4, -0.2) is 19.1 Å². The summed E-state index contributed by atoms with van der Waals surface area (Å²) >= 11 is 0. The van der Waals surface area contributed by atoms with Crippen molar-refractivity contribution in [1.82, 2.24) is 4.98 Å². The molecule has 3 N–H and O–H groups in total. The van der Waals surface area contributed by atoms with Crippen molar-refractivity contribution < 1.29 is 0 Å². The van der Waals surface area contributed by atoms with E-state index in [-0.39, 0.29) is 5.56 Å². The normalized spacial score (nSPS) is 9.27. The summed E-state index contributed by atoms with van der Waals surface area (Å²) < 4.78 is 0. The Hall–Kier alpha value is -1.45. The fourth-order valence-corrected chi connectivity index (χ4v) is 0.935.